The van der Waals surface area contributed by atoms with E-state index < -0.39 is 0 Å². The van der Waals surface area contributed by atoms with E-state index in [0.717, 1.165) is 25.1 Å². The van der Waals surface area contributed by atoms with E-state index in [1.807, 2.05) is 12.1 Å². The van der Waals surface area contributed by atoms with Crippen LogP contribution in [0.1, 0.15) is 31.9 Å². The van der Waals surface area contributed by atoms with Gasteiger partial charge in [0.05, 0.1) is 25.3 Å². The molecule has 0 radical (unpaired) electrons. The van der Waals surface area contributed by atoms with Gasteiger partial charge in [-0.3, -0.25) is 0 Å². The standard InChI is InChI=1S/C16H24ClNO3/c1-10(2)18-9-11-7-8-21-15(11)12-5-6-13(19-3)16(20-4)14(12)17/h5-6,10-11,15,18H,7-9H2,1-4H3. The monoisotopic (exact) mass is 313 g/mol. The van der Waals surface area contributed by atoms with Crippen molar-refractivity contribution in [3.05, 3.63) is 22.7 Å². The van der Waals surface area contributed by atoms with Gasteiger partial charge in [0.2, 0.25) is 0 Å². The maximum atomic E-state index is 6.50. The maximum Gasteiger partial charge on any atom is 0.179 e. The maximum absolute atomic E-state index is 6.50. The minimum atomic E-state index is 0.00329. The van der Waals surface area contributed by atoms with Gasteiger partial charge in [-0.25, -0.2) is 0 Å². The van der Waals surface area contributed by atoms with Crippen LogP contribution in [0.2, 0.25) is 5.02 Å². The molecule has 0 amide bonds. The number of hydrogen-bond donors (Lipinski definition) is 1. The van der Waals surface area contributed by atoms with Crippen molar-refractivity contribution < 1.29 is 14.2 Å². The second kappa shape index (κ2) is 7.34. The van der Waals surface area contributed by atoms with Gasteiger partial charge in [-0.1, -0.05) is 31.5 Å². The first-order valence-electron chi connectivity index (χ1n) is 7.33. The summed E-state index contributed by atoms with van der Waals surface area (Å²) in [5, 5.41) is 4.06. The largest absolute Gasteiger partial charge is 0.493 e. The molecule has 0 bridgehead atoms. The molecule has 1 saturated heterocycles. The summed E-state index contributed by atoms with van der Waals surface area (Å²) in [7, 11) is 3.20. The van der Waals surface area contributed by atoms with Gasteiger partial charge in [-0.05, 0) is 12.5 Å². The number of benzene rings is 1. The molecular weight excluding hydrogens is 290 g/mol. The minimum Gasteiger partial charge on any atom is -0.493 e. The van der Waals surface area contributed by atoms with Gasteiger partial charge in [-0.2, -0.15) is 0 Å². The quantitative estimate of drug-likeness (QED) is 0.873. The van der Waals surface area contributed by atoms with E-state index in [4.69, 9.17) is 25.8 Å². The normalized spacial score (nSPS) is 21.8. The highest BCUT2D eigenvalue weighted by Gasteiger charge is 2.32. The summed E-state index contributed by atoms with van der Waals surface area (Å²) in [4.78, 5) is 0. The van der Waals surface area contributed by atoms with Gasteiger partial charge in [-0.15, -0.1) is 0 Å². The summed E-state index contributed by atoms with van der Waals surface area (Å²) in [6.45, 7) is 5.98. The van der Waals surface area contributed by atoms with Crippen LogP contribution in [0.5, 0.6) is 11.5 Å². The predicted octanol–water partition coefficient (Wildman–Crippen LogP) is 3.43. The third-order valence-corrected chi connectivity index (χ3v) is 4.21. The number of rotatable bonds is 6. The number of methoxy groups -OCH3 is 2. The van der Waals surface area contributed by atoms with Crippen LogP contribution in [0.15, 0.2) is 12.1 Å². The number of nitrogens with one attached hydrogen (secondary N) is 1. The molecular formula is C16H24ClNO3. The lowest BCUT2D eigenvalue weighted by Crippen LogP contribution is -2.30. The zero-order chi connectivity index (χ0) is 15.4. The zero-order valence-corrected chi connectivity index (χ0v) is 13.9. The fourth-order valence-corrected chi connectivity index (χ4v) is 3.04. The van der Waals surface area contributed by atoms with Crippen molar-refractivity contribution in [2.24, 2.45) is 5.92 Å². The molecule has 1 aliphatic heterocycles. The molecule has 1 aromatic carbocycles. The van der Waals surface area contributed by atoms with Crippen molar-refractivity contribution in [3.63, 3.8) is 0 Å². The average Bonchev–Trinajstić information content (AvgIpc) is 2.92. The van der Waals surface area contributed by atoms with Crippen LogP contribution in [0.4, 0.5) is 0 Å². The van der Waals surface area contributed by atoms with E-state index in [-0.39, 0.29) is 6.10 Å². The highest BCUT2D eigenvalue weighted by molar-refractivity contribution is 6.33. The lowest BCUT2D eigenvalue weighted by atomic mass is 9.94. The van der Waals surface area contributed by atoms with E-state index in [1.165, 1.54) is 0 Å². The van der Waals surface area contributed by atoms with Gasteiger partial charge in [0.25, 0.3) is 0 Å². The van der Waals surface area contributed by atoms with Gasteiger partial charge in [0, 0.05) is 30.7 Å². The van der Waals surface area contributed by atoms with E-state index in [0.29, 0.717) is 28.5 Å². The zero-order valence-electron chi connectivity index (χ0n) is 13.1. The van der Waals surface area contributed by atoms with Crippen molar-refractivity contribution in [2.75, 3.05) is 27.4 Å². The van der Waals surface area contributed by atoms with Crippen LogP contribution in [0.25, 0.3) is 0 Å². The lowest BCUT2D eigenvalue weighted by molar-refractivity contribution is 0.0899. The predicted molar refractivity (Wildman–Crippen MR) is 84.5 cm³/mol. The highest BCUT2D eigenvalue weighted by Crippen LogP contribution is 2.44. The molecule has 0 spiro atoms. The van der Waals surface area contributed by atoms with Crippen molar-refractivity contribution >= 4 is 11.6 Å². The van der Waals surface area contributed by atoms with Gasteiger partial charge in [0.1, 0.15) is 0 Å². The fraction of sp³-hybridized carbons (Fsp3) is 0.625. The Labute approximate surface area is 131 Å². The summed E-state index contributed by atoms with van der Waals surface area (Å²) in [5.41, 5.74) is 0.974. The van der Waals surface area contributed by atoms with Crippen LogP contribution in [-0.2, 0) is 4.74 Å². The van der Waals surface area contributed by atoms with Crippen molar-refractivity contribution in [3.8, 4) is 11.5 Å². The summed E-state index contributed by atoms with van der Waals surface area (Å²) in [6, 6.07) is 4.32. The summed E-state index contributed by atoms with van der Waals surface area (Å²) in [6.07, 6.45) is 1.04. The average molecular weight is 314 g/mol. The molecule has 2 atom stereocenters. The van der Waals surface area contributed by atoms with Crippen LogP contribution >= 0.6 is 11.6 Å². The highest BCUT2D eigenvalue weighted by atomic mass is 35.5. The van der Waals surface area contributed by atoms with Crippen LogP contribution in [0.3, 0.4) is 0 Å². The number of halogens is 1. The Kier molecular flexibility index (Phi) is 5.73. The lowest BCUT2D eigenvalue weighted by Gasteiger charge is -2.23. The molecule has 1 fully saturated rings. The van der Waals surface area contributed by atoms with Gasteiger partial charge in [0.15, 0.2) is 11.5 Å². The van der Waals surface area contributed by atoms with E-state index in [1.54, 1.807) is 14.2 Å². The molecule has 4 nitrogen and oxygen atoms in total. The van der Waals surface area contributed by atoms with Crippen molar-refractivity contribution in [2.45, 2.75) is 32.4 Å². The molecule has 0 saturated carbocycles. The van der Waals surface area contributed by atoms with Crippen LogP contribution in [-0.4, -0.2) is 33.4 Å². The molecule has 5 heteroatoms. The first kappa shape index (κ1) is 16.4. The Balaban J connectivity index is 2.24. The molecule has 21 heavy (non-hydrogen) atoms. The molecule has 2 unspecified atom stereocenters. The summed E-state index contributed by atoms with van der Waals surface area (Å²) >= 11 is 6.50. The van der Waals surface area contributed by atoms with Gasteiger partial charge >= 0.3 is 0 Å². The fourth-order valence-electron chi connectivity index (χ4n) is 2.70. The first-order valence-corrected chi connectivity index (χ1v) is 7.71. The molecule has 1 aromatic rings. The summed E-state index contributed by atoms with van der Waals surface area (Å²) in [5.74, 6) is 1.63. The van der Waals surface area contributed by atoms with Crippen molar-refractivity contribution in [1.82, 2.24) is 5.32 Å². The Morgan fingerprint density at radius 3 is 2.71 bits per heavy atom. The second-order valence-corrected chi connectivity index (χ2v) is 5.99. The van der Waals surface area contributed by atoms with E-state index >= 15 is 0 Å². The first-order chi connectivity index (χ1) is 10.1. The Morgan fingerprint density at radius 1 is 1.33 bits per heavy atom. The van der Waals surface area contributed by atoms with Crippen LogP contribution in [0, 0.1) is 5.92 Å². The van der Waals surface area contributed by atoms with E-state index in [2.05, 4.69) is 19.2 Å². The Morgan fingerprint density at radius 2 is 2.10 bits per heavy atom. The number of ether oxygens (including phenoxy) is 3. The van der Waals surface area contributed by atoms with Crippen LogP contribution < -0.4 is 14.8 Å². The smallest absolute Gasteiger partial charge is 0.179 e. The molecule has 2 rings (SSSR count). The summed E-state index contributed by atoms with van der Waals surface area (Å²) < 4.78 is 16.6. The number of hydrogen-bond acceptors (Lipinski definition) is 4. The SMILES string of the molecule is COc1ccc(C2OCCC2CNC(C)C)c(Cl)c1OC. The third-order valence-electron chi connectivity index (χ3n) is 3.82. The minimum absolute atomic E-state index is 0.00329. The molecule has 118 valence electrons. The Bertz CT molecular complexity index is 479. The molecule has 0 aromatic heterocycles. The third kappa shape index (κ3) is 3.62. The molecule has 0 aliphatic carbocycles. The molecule has 1 heterocycles. The second-order valence-electron chi connectivity index (χ2n) is 5.61. The Hall–Kier alpha value is -0.970. The molecule has 1 N–H and O–H groups in total. The topological polar surface area (TPSA) is 39.7 Å². The molecule has 1 aliphatic rings. The van der Waals surface area contributed by atoms with Crippen molar-refractivity contribution in [1.29, 1.82) is 0 Å². The van der Waals surface area contributed by atoms with E-state index in [9.17, 15) is 0 Å². The van der Waals surface area contributed by atoms with Gasteiger partial charge < -0.3 is 19.5 Å².